The predicted molar refractivity (Wildman–Crippen MR) is 112 cm³/mol. The van der Waals surface area contributed by atoms with Gasteiger partial charge in [-0.05, 0) is 55.8 Å². The van der Waals surface area contributed by atoms with Crippen molar-refractivity contribution in [3.8, 4) is 5.75 Å². The van der Waals surface area contributed by atoms with Crippen molar-refractivity contribution in [2.45, 2.75) is 43.8 Å². The molecule has 6 heteroatoms. The van der Waals surface area contributed by atoms with E-state index in [1.165, 1.54) is 18.7 Å². The van der Waals surface area contributed by atoms with Crippen molar-refractivity contribution >= 4 is 35.0 Å². The van der Waals surface area contributed by atoms with Crippen molar-refractivity contribution in [1.82, 2.24) is 0 Å². The van der Waals surface area contributed by atoms with Crippen molar-refractivity contribution in [2.75, 3.05) is 17.2 Å². The molecular formula is C21H26N2O3S. The van der Waals surface area contributed by atoms with Crippen LogP contribution < -0.4 is 15.4 Å². The van der Waals surface area contributed by atoms with Gasteiger partial charge < -0.3 is 15.4 Å². The number of anilines is 2. The molecule has 0 aliphatic carbocycles. The summed E-state index contributed by atoms with van der Waals surface area (Å²) in [5, 5.41) is 5.38. The number of ether oxygens (including phenoxy) is 1. The molecule has 1 atom stereocenters. The van der Waals surface area contributed by atoms with Crippen LogP contribution in [-0.4, -0.2) is 23.7 Å². The molecule has 0 saturated carbocycles. The average molecular weight is 387 g/mol. The van der Waals surface area contributed by atoms with Crippen LogP contribution in [0.25, 0.3) is 0 Å². The summed E-state index contributed by atoms with van der Waals surface area (Å²) in [5.74, 6) is 0.605. The van der Waals surface area contributed by atoms with Gasteiger partial charge in [-0.3, -0.25) is 9.59 Å². The minimum Gasteiger partial charge on any atom is -0.494 e. The number of rotatable bonds is 9. The van der Waals surface area contributed by atoms with Gasteiger partial charge in [0, 0.05) is 23.2 Å². The van der Waals surface area contributed by atoms with Crippen LogP contribution in [0.2, 0.25) is 0 Å². The Bertz CT molecular complexity index is 762. The Morgan fingerprint density at radius 2 is 1.81 bits per heavy atom. The number of nitrogens with one attached hydrogen (secondary N) is 2. The van der Waals surface area contributed by atoms with E-state index in [1.807, 2.05) is 55.5 Å². The molecule has 27 heavy (non-hydrogen) atoms. The third-order valence-electron chi connectivity index (χ3n) is 3.72. The van der Waals surface area contributed by atoms with Crippen LogP contribution in [-0.2, 0) is 9.59 Å². The molecule has 144 valence electrons. The molecule has 0 heterocycles. The average Bonchev–Trinajstić information content (AvgIpc) is 2.63. The first-order valence-electron chi connectivity index (χ1n) is 9.06. The second kappa shape index (κ2) is 10.6. The standard InChI is InChI=1S/C21H26N2O3S/c1-4-5-13-26-19-11-9-17(10-12-19)23-21(25)15(2)27-20-8-6-7-18(14-20)22-16(3)24/h6-12,14-15H,4-5,13H2,1-3H3,(H,22,24)(H,23,25). The summed E-state index contributed by atoms with van der Waals surface area (Å²) >= 11 is 1.44. The van der Waals surface area contributed by atoms with Gasteiger partial charge in [0.1, 0.15) is 5.75 Å². The highest BCUT2D eigenvalue weighted by Gasteiger charge is 2.15. The van der Waals surface area contributed by atoms with Gasteiger partial charge in [0.25, 0.3) is 0 Å². The Labute approximate surface area is 164 Å². The molecule has 2 N–H and O–H groups in total. The molecule has 0 fully saturated rings. The lowest BCUT2D eigenvalue weighted by molar-refractivity contribution is -0.115. The second-order valence-electron chi connectivity index (χ2n) is 6.18. The maximum atomic E-state index is 12.4. The second-order valence-corrected chi connectivity index (χ2v) is 7.60. The summed E-state index contributed by atoms with van der Waals surface area (Å²) in [6, 6.07) is 14.9. The first-order valence-corrected chi connectivity index (χ1v) is 9.94. The molecule has 1 unspecified atom stereocenters. The molecular weight excluding hydrogens is 360 g/mol. The highest BCUT2D eigenvalue weighted by Crippen LogP contribution is 2.27. The number of thioether (sulfide) groups is 1. The van der Waals surface area contributed by atoms with E-state index in [0.29, 0.717) is 6.61 Å². The molecule has 5 nitrogen and oxygen atoms in total. The Morgan fingerprint density at radius 3 is 2.48 bits per heavy atom. The Kier molecular flexibility index (Phi) is 8.20. The first-order chi connectivity index (χ1) is 13.0. The summed E-state index contributed by atoms with van der Waals surface area (Å²) in [6.07, 6.45) is 2.12. The van der Waals surface area contributed by atoms with Gasteiger partial charge in [-0.1, -0.05) is 19.4 Å². The zero-order valence-electron chi connectivity index (χ0n) is 16.0. The summed E-state index contributed by atoms with van der Waals surface area (Å²) in [7, 11) is 0. The molecule has 0 saturated heterocycles. The molecule has 2 rings (SSSR count). The molecule has 2 amide bonds. The molecule has 2 aromatic carbocycles. The van der Waals surface area contributed by atoms with Gasteiger partial charge in [-0.15, -0.1) is 11.8 Å². The molecule has 0 aliphatic rings. The SMILES string of the molecule is CCCCOc1ccc(NC(=O)C(C)Sc2cccc(NC(C)=O)c2)cc1. The summed E-state index contributed by atoms with van der Waals surface area (Å²) < 4.78 is 5.62. The topological polar surface area (TPSA) is 67.4 Å². The van der Waals surface area contributed by atoms with Crippen molar-refractivity contribution in [3.05, 3.63) is 48.5 Å². The van der Waals surface area contributed by atoms with Crippen LogP contribution in [0.1, 0.15) is 33.6 Å². The predicted octanol–water partition coefficient (Wildman–Crippen LogP) is 4.94. The number of unbranched alkanes of at least 4 members (excludes halogenated alkanes) is 1. The fourth-order valence-corrected chi connectivity index (χ4v) is 3.25. The summed E-state index contributed by atoms with van der Waals surface area (Å²) in [5.41, 5.74) is 1.46. The van der Waals surface area contributed by atoms with Crippen LogP contribution in [0.15, 0.2) is 53.4 Å². The van der Waals surface area contributed by atoms with E-state index >= 15 is 0 Å². The Morgan fingerprint density at radius 1 is 1.07 bits per heavy atom. The summed E-state index contributed by atoms with van der Waals surface area (Å²) in [6.45, 7) is 6.15. The van der Waals surface area contributed by atoms with Crippen molar-refractivity contribution in [2.24, 2.45) is 0 Å². The fraction of sp³-hybridized carbons (Fsp3) is 0.333. The lowest BCUT2D eigenvalue weighted by atomic mass is 10.3. The Hall–Kier alpha value is -2.47. The fourth-order valence-electron chi connectivity index (χ4n) is 2.32. The third-order valence-corrected chi connectivity index (χ3v) is 4.82. The van der Waals surface area contributed by atoms with E-state index in [0.717, 1.165) is 34.9 Å². The van der Waals surface area contributed by atoms with E-state index < -0.39 is 0 Å². The number of carbonyl (C=O) groups excluding carboxylic acids is 2. The maximum Gasteiger partial charge on any atom is 0.237 e. The number of hydrogen-bond donors (Lipinski definition) is 2. The van der Waals surface area contributed by atoms with E-state index in [2.05, 4.69) is 17.6 Å². The largest absolute Gasteiger partial charge is 0.494 e. The minimum atomic E-state index is -0.280. The van der Waals surface area contributed by atoms with Crippen LogP contribution in [0.5, 0.6) is 5.75 Å². The normalized spacial score (nSPS) is 11.5. The molecule has 0 bridgehead atoms. The molecule has 0 radical (unpaired) electrons. The number of amides is 2. The van der Waals surface area contributed by atoms with Gasteiger partial charge >= 0.3 is 0 Å². The van der Waals surface area contributed by atoms with Crippen LogP contribution in [0.4, 0.5) is 11.4 Å². The Balaban J connectivity index is 1.89. The quantitative estimate of drug-likeness (QED) is 0.473. The van der Waals surface area contributed by atoms with Crippen molar-refractivity contribution in [3.63, 3.8) is 0 Å². The highest BCUT2D eigenvalue weighted by molar-refractivity contribution is 8.00. The zero-order chi connectivity index (χ0) is 19.6. The molecule has 0 spiro atoms. The van der Waals surface area contributed by atoms with E-state index in [-0.39, 0.29) is 17.1 Å². The van der Waals surface area contributed by atoms with Crippen LogP contribution in [0, 0.1) is 0 Å². The monoisotopic (exact) mass is 386 g/mol. The van der Waals surface area contributed by atoms with Gasteiger partial charge in [-0.2, -0.15) is 0 Å². The zero-order valence-corrected chi connectivity index (χ0v) is 16.8. The van der Waals surface area contributed by atoms with Crippen molar-refractivity contribution < 1.29 is 14.3 Å². The lowest BCUT2D eigenvalue weighted by Gasteiger charge is -2.13. The number of hydrogen-bond acceptors (Lipinski definition) is 4. The van der Waals surface area contributed by atoms with E-state index in [4.69, 9.17) is 4.74 Å². The highest BCUT2D eigenvalue weighted by atomic mass is 32.2. The lowest BCUT2D eigenvalue weighted by Crippen LogP contribution is -2.22. The van der Waals surface area contributed by atoms with Crippen LogP contribution in [0.3, 0.4) is 0 Å². The van der Waals surface area contributed by atoms with E-state index in [9.17, 15) is 9.59 Å². The third kappa shape index (κ3) is 7.35. The van der Waals surface area contributed by atoms with Crippen molar-refractivity contribution in [1.29, 1.82) is 0 Å². The molecule has 2 aromatic rings. The van der Waals surface area contributed by atoms with Gasteiger partial charge in [0.2, 0.25) is 11.8 Å². The van der Waals surface area contributed by atoms with Gasteiger partial charge in [-0.25, -0.2) is 0 Å². The molecule has 0 aliphatic heterocycles. The molecule has 0 aromatic heterocycles. The van der Waals surface area contributed by atoms with Gasteiger partial charge in [0.05, 0.1) is 11.9 Å². The maximum absolute atomic E-state index is 12.4. The van der Waals surface area contributed by atoms with E-state index in [1.54, 1.807) is 0 Å². The first kappa shape index (κ1) is 20.8. The number of benzene rings is 2. The summed E-state index contributed by atoms with van der Waals surface area (Å²) in [4.78, 5) is 24.5. The minimum absolute atomic E-state index is 0.0791. The number of carbonyl (C=O) groups is 2. The van der Waals surface area contributed by atoms with Crippen LogP contribution >= 0.6 is 11.8 Å². The smallest absolute Gasteiger partial charge is 0.237 e. The van der Waals surface area contributed by atoms with Gasteiger partial charge in [0.15, 0.2) is 0 Å².